The average Bonchev–Trinajstić information content (AvgIpc) is 2.53. The SMILES string of the molecule is COCCN=C(NN)N1CCN(c2ccccn2)CC1. The summed E-state index contributed by atoms with van der Waals surface area (Å²) in [5, 5.41) is 0. The van der Waals surface area contributed by atoms with Crippen LogP contribution in [0.1, 0.15) is 0 Å². The maximum Gasteiger partial charge on any atom is 0.208 e. The standard InChI is InChI=1S/C13H22N6O/c1-20-11-6-16-13(17-14)19-9-7-18(8-10-19)12-4-2-3-5-15-12/h2-5H,6-11,14H2,1H3,(H,16,17). The third-order valence-electron chi connectivity index (χ3n) is 3.24. The van der Waals surface area contributed by atoms with Crippen molar-refractivity contribution in [3.63, 3.8) is 0 Å². The molecular formula is C13H22N6O. The second kappa shape index (κ2) is 7.66. The van der Waals surface area contributed by atoms with Gasteiger partial charge in [0, 0.05) is 39.5 Å². The Bertz CT molecular complexity index is 416. The lowest BCUT2D eigenvalue weighted by Gasteiger charge is -2.36. The van der Waals surface area contributed by atoms with Gasteiger partial charge in [-0.05, 0) is 12.1 Å². The van der Waals surface area contributed by atoms with E-state index in [1.165, 1.54) is 0 Å². The van der Waals surface area contributed by atoms with E-state index in [0.29, 0.717) is 13.2 Å². The van der Waals surface area contributed by atoms with Crippen molar-refractivity contribution < 1.29 is 4.74 Å². The molecule has 1 saturated heterocycles. The van der Waals surface area contributed by atoms with Gasteiger partial charge >= 0.3 is 0 Å². The monoisotopic (exact) mass is 278 g/mol. The van der Waals surface area contributed by atoms with Gasteiger partial charge in [0.25, 0.3) is 0 Å². The molecule has 0 spiro atoms. The number of ether oxygens (including phenoxy) is 1. The van der Waals surface area contributed by atoms with Gasteiger partial charge in [-0.15, -0.1) is 0 Å². The largest absolute Gasteiger partial charge is 0.383 e. The lowest BCUT2D eigenvalue weighted by molar-refractivity contribution is 0.207. The fourth-order valence-corrected chi connectivity index (χ4v) is 2.17. The molecular weight excluding hydrogens is 256 g/mol. The van der Waals surface area contributed by atoms with Gasteiger partial charge in [0.15, 0.2) is 0 Å². The molecule has 1 aromatic rings. The van der Waals surface area contributed by atoms with E-state index in [0.717, 1.165) is 38.0 Å². The molecule has 110 valence electrons. The van der Waals surface area contributed by atoms with E-state index in [9.17, 15) is 0 Å². The number of aromatic nitrogens is 1. The summed E-state index contributed by atoms with van der Waals surface area (Å²) >= 11 is 0. The number of aliphatic imine (C=N–C) groups is 1. The zero-order valence-corrected chi connectivity index (χ0v) is 11.8. The van der Waals surface area contributed by atoms with Gasteiger partial charge in [0.05, 0.1) is 13.2 Å². The molecule has 0 aliphatic carbocycles. The number of hydrogen-bond acceptors (Lipinski definition) is 5. The highest BCUT2D eigenvalue weighted by atomic mass is 16.5. The first kappa shape index (κ1) is 14.5. The lowest BCUT2D eigenvalue weighted by atomic mass is 10.3. The van der Waals surface area contributed by atoms with Crippen molar-refractivity contribution in [2.24, 2.45) is 10.8 Å². The number of rotatable bonds is 4. The molecule has 1 aliphatic heterocycles. The van der Waals surface area contributed by atoms with E-state index in [2.05, 4.69) is 25.2 Å². The molecule has 0 radical (unpaired) electrons. The second-order valence-corrected chi connectivity index (χ2v) is 4.50. The highest BCUT2D eigenvalue weighted by molar-refractivity contribution is 5.79. The van der Waals surface area contributed by atoms with E-state index in [1.807, 2.05) is 24.4 Å². The Morgan fingerprint density at radius 1 is 1.40 bits per heavy atom. The van der Waals surface area contributed by atoms with Crippen LogP contribution in [0.4, 0.5) is 5.82 Å². The lowest BCUT2D eigenvalue weighted by Crippen LogP contribution is -2.54. The Morgan fingerprint density at radius 3 is 2.80 bits per heavy atom. The Kier molecular flexibility index (Phi) is 5.57. The van der Waals surface area contributed by atoms with Crippen LogP contribution in [0.15, 0.2) is 29.4 Å². The van der Waals surface area contributed by atoms with Gasteiger partial charge < -0.3 is 14.5 Å². The quantitative estimate of drug-likeness (QED) is 0.258. The van der Waals surface area contributed by atoms with Crippen molar-refractivity contribution in [3.05, 3.63) is 24.4 Å². The zero-order valence-electron chi connectivity index (χ0n) is 11.8. The molecule has 7 nitrogen and oxygen atoms in total. The Hall–Kier alpha value is -1.86. The molecule has 1 aliphatic rings. The number of pyridine rings is 1. The summed E-state index contributed by atoms with van der Waals surface area (Å²) < 4.78 is 4.99. The number of hydrogen-bond donors (Lipinski definition) is 2. The summed E-state index contributed by atoms with van der Waals surface area (Å²) in [6.45, 7) is 4.75. The average molecular weight is 278 g/mol. The molecule has 0 unspecified atom stereocenters. The minimum absolute atomic E-state index is 0.596. The fraction of sp³-hybridized carbons (Fsp3) is 0.538. The first-order chi connectivity index (χ1) is 9.85. The molecule has 1 fully saturated rings. The number of nitrogens with zero attached hydrogens (tertiary/aromatic N) is 4. The number of anilines is 1. The summed E-state index contributed by atoms with van der Waals surface area (Å²) in [7, 11) is 1.66. The smallest absolute Gasteiger partial charge is 0.208 e. The molecule has 3 N–H and O–H groups in total. The van der Waals surface area contributed by atoms with Crippen LogP contribution in [0.25, 0.3) is 0 Å². The first-order valence-electron chi connectivity index (χ1n) is 6.76. The zero-order chi connectivity index (χ0) is 14.2. The topological polar surface area (TPSA) is 79.0 Å². The number of nitrogens with one attached hydrogen (secondary N) is 1. The highest BCUT2D eigenvalue weighted by Crippen LogP contribution is 2.12. The number of piperazine rings is 1. The maximum absolute atomic E-state index is 5.54. The number of guanidine groups is 1. The minimum Gasteiger partial charge on any atom is -0.383 e. The van der Waals surface area contributed by atoms with Gasteiger partial charge in [-0.1, -0.05) is 6.07 Å². The maximum atomic E-state index is 5.54. The van der Waals surface area contributed by atoms with E-state index in [1.54, 1.807) is 7.11 Å². The summed E-state index contributed by atoms with van der Waals surface area (Å²) in [6.07, 6.45) is 1.82. The first-order valence-corrected chi connectivity index (χ1v) is 6.76. The third kappa shape index (κ3) is 3.82. The van der Waals surface area contributed by atoms with Crippen LogP contribution in [0.3, 0.4) is 0 Å². The Balaban J connectivity index is 1.88. The summed E-state index contributed by atoms with van der Waals surface area (Å²) in [4.78, 5) is 13.2. The van der Waals surface area contributed by atoms with Crippen LogP contribution in [-0.4, -0.2) is 62.3 Å². The predicted octanol–water partition coefficient (Wildman–Crippen LogP) is -0.331. The van der Waals surface area contributed by atoms with Crippen molar-refractivity contribution in [1.29, 1.82) is 0 Å². The molecule has 0 aromatic carbocycles. The molecule has 0 amide bonds. The highest BCUT2D eigenvalue weighted by Gasteiger charge is 2.19. The van der Waals surface area contributed by atoms with Gasteiger partial charge in [-0.2, -0.15) is 0 Å². The van der Waals surface area contributed by atoms with Crippen molar-refractivity contribution in [2.75, 3.05) is 51.3 Å². The van der Waals surface area contributed by atoms with Crippen LogP contribution < -0.4 is 16.2 Å². The second-order valence-electron chi connectivity index (χ2n) is 4.50. The Labute approximate surface area is 119 Å². The van der Waals surface area contributed by atoms with Gasteiger partial charge in [0.2, 0.25) is 5.96 Å². The summed E-state index contributed by atoms with van der Waals surface area (Å²) in [5.74, 6) is 7.29. The predicted molar refractivity (Wildman–Crippen MR) is 79.5 cm³/mol. The number of methoxy groups -OCH3 is 1. The molecule has 0 atom stereocenters. The third-order valence-corrected chi connectivity index (χ3v) is 3.24. The molecule has 1 aromatic heterocycles. The van der Waals surface area contributed by atoms with E-state index in [-0.39, 0.29) is 0 Å². The van der Waals surface area contributed by atoms with Crippen LogP contribution in [-0.2, 0) is 4.74 Å². The fourth-order valence-electron chi connectivity index (χ4n) is 2.17. The van der Waals surface area contributed by atoms with Crippen molar-refractivity contribution in [2.45, 2.75) is 0 Å². The van der Waals surface area contributed by atoms with E-state index >= 15 is 0 Å². The van der Waals surface area contributed by atoms with Crippen molar-refractivity contribution in [3.8, 4) is 0 Å². The molecule has 0 saturated carbocycles. The number of nitrogens with two attached hydrogens (primary N) is 1. The minimum atomic E-state index is 0.596. The molecule has 2 heterocycles. The summed E-state index contributed by atoms with van der Waals surface area (Å²) in [5.41, 5.74) is 2.67. The number of hydrazine groups is 1. The van der Waals surface area contributed by atoms with Crippen LogP contribution in [0.2, 0.25) is 0 Å². The summed E-state index contributed by atoms with van der Waals surface area (Å²) in [6, 6.07) is 5.97. The molecule has 20 heavy (non-hydrogen) atoms. The van der Waals surface area contributed by atoms with E-state index in [4.69, 9.17) is 10.6 Å². The molecule has 2 rings (SSSR count). The van der Waals surface area contributed by atoms with Gasteiger partial charge in [0.1, 0.15) is 5.82 Å². The van der Waals surface area contributed by atoms with Crippen molar-refractivity contribution >= 4 is 11.8 Å². The van der Waals surface area contributed by atoms with E-state index < -0.39 is 0 Å². The van der Waals surface area contributed by atoms with Crippen LogP contribution in [0.5, 0.6) is 0 Å². The normalized spacial score (nSPS) is 16.4. The van der Waals surface area contributed by atoms with Gasteiger partial charge in [-0.25, -0.2) is 15.8 Å². The molecule has 0 bridgehead atoms. The van der Waals surface area contributed by atoms with Crippen LogP contribution >= 0.6 is 0 Å². The Morgan fingerprint density at radius 2 is 2.20 bits per heavy atom. The van der Waals surface area contributed by atoms with Crippen molar-refractivity contribution in [1.82, 2.24) is 15.3 Å². The van der Waals surface area contributed by atoms with Crippen LogP contribution in [0, 0.1) is 0 Å². The molecule has 7 heteroatoms. The van der Waals surface area contributed by atoms with Gasteiger partial charge in [-0.3, -0.25) is 5.43 Å².